The summed E-state index contributed by atoms with van der Waals surface area (Å²) in [6.45, 7) is 7.57. The molecule has 0 aliphatic carbocycles. The molecule has 60 valence electrons. The molecule has 0 aromatic heterocycles. The fraction of sp³-hybridized carbons (Fsp3) is 0.778. The van der Waals surface area contributed by atoms with Crippen molar-refractivity contribution in [2.24, 2.45) is 0 Å². The molecule has 0 saturated carbocycles. The van der Waals surface area contributed by atoms with Crippen LogP contribution in [0.15, 0.2) is 12.7 Å². The Morgan fingerprint density at radius 1 is 1.30 bits per heavy atom. The van der Waals surface area contributed by atoms with Gasteiger partial charge in [0.2, 0.25) is 0 Å². The van der Waals surface area contributed by atoms with Gasteiger partial charge in [-0.05, 0) is 12.8 Å². The summed E-state index contributed by atoms with van der Waals surface area (Å²) in [5, 5.41) is 0. The summed E-state index contributed by atoms with van der Waals surface area (Å²) in [5.74, 6) is 0. The lowest BCUT2D eigenvalue weighted by Crippen LogP contribution is -1.95. The van der Waals surface area contributed by atoms with Crippen molar-refractivity contribution in [3.63, 3.8) is 0 Å². The number of unbranched alkanes of at least 4 members (excludes halogenated alkanes) is 2. The first kappa shape index (κ1) is 9.70. The normalized spacial score (nSPS) is 9.70. The first-order valence-corrected chi connectivity index (χ1v) is 4.10. The van der Waals surface area contributed by atoms with Crippen molar-refractivity contribution >= 4 is 0 Å². The van der Waals surface area contributed by atoms with Gasteiger partial charge in [0.1, 0.15) is 0 Å². The standard InChI is InChI=1S/C9H18O/c1-3-5-7-9-10-8-6-4-2/h4H,2-3,5-9H2,1H3. The number of hydrogen-bond donors (Lipinski definition) is 0. The molecule has 0 radical (unpaired) electrons. The van der Waals surface area contributed by atoms with E-state index in [2.05, 4.69) is 13.5 Å². The van der Waals surface area contributed by atoms with Gasteiger partial charge in [-0.3, -0.25) is 0 Å². The van der Waals surface area contributed by atoms with E-state index in [4.69, 9.17) is 4.74 Å². The van der Waals surface area contributed by atoms with Crippen LogP contribution in [0.25, 0.3) is 0 Å². The van der Waals surface area contributed by atoms with Crippen molar-refractivity contribution in [2.45, 2.75) is 32.6 Å². The average Bonchev–Trinajstić information content (AvgIpc) is 1.97. The Morgan fingerprint density at radius 3 is 2.70 bits per heavy atom. The van der Waals surface area contributed by atoms with E-state index in [1.165, 1.54) is 19.3 Å². The third kappa shape index (κ3) is 7.70. The molecule has 0 rings (SSSR count). The Bertz CT molecular complexity index is 69.1. The van der Waals surface area contributed by atoms with E-state index in [0.717, 1.165) is 19.6 Å². The maximum atomic E-state index is 5.30. The lowest BCUT2D eigenvalue weighted by atomic mass is 10.3. The summed E-state index contributed by atoms with van der Waals surface area (Å²) >= 11 is 0. The lowest BCUT2D eigenvalue weighted by molar-refractivity contribution is 0.135. The highest BCUT2D eigenvalue weighted by atomic mass is 16.5. The molecule has 0 N–H and O–H groups in total. The van der Waals surface area contributed by atoms with Crippen molar-refractivity contribution in [3.05, 3.63) is 12.7 Å². The molecule has 0 saturated heterocycles. The van der Waals surface area contributed by atoms with Crippen LogP contribution in [-0.2, 0) is 4.74 Å². The van der Waals surface area contributed by atoms with Crippen LogP contribution >= 0.6 is 0 Å². The highest BCUT2D eigenvalue weighted by molar-refractivity contribution is 4.64. The molecular formula is C9H18O. The summed E-state index contributed by atoms with van der Waals surface area (Å²) in [6.07, 6.45) is 6.62. The van der Waals surface area contributed by atoms with E-state index < -0.39 is 0 Å². The van der Waals surface area contributed by atoms with Crippen LogP contribution in [0.5, 0.6) is 0 Å². The summed E-state index contributed by atoms with van der Waals surface area (Å²) in [6, 6.07) is 0. The van der Waals surface area contributed by atoms with Gasteiger partial charge in [-0.15, -0.1) is 6.58 Å². The highest BCUT2D eigenvalue weighted by Crippen LogP contribution is 1.94. The highest BCUT2D eigenvalue weighted by Gasteiger charge is 1.85. The molecule has 0 aromatic carbocycles. The maximum Gasteiger partial charge on any atom is 0.0500 e. The molecule has 1 heteroatoms. The zero-order chi connectivity index (χ0) is 7.66. The van der Waals surface area contributed by atoms with Crippen LogP contribution in [0.4, 0.5) is 0 Å². The molecule has 0 fully saturated rings. The van der Waals surface area contributed by atoms with Crippen LogP contribution in [0.1, 0.15) is 32.6 Å². The van der Waals surface area contributed by atoms with Gasteiger partial charge < -0.3 is 4.74 Å². The molecule has 0 heterocycles. The van der Waals surface area contributed by atoms with Gasteiger partial charge in [0.05, 0.1) is 0 Å². The van der Waals surface area contributed by atoms with Crippen molar-refractivity contribution in [1.82, 2.24) is 0 Å². The van der Waals surface area contributed by atoms with Crippen molar-refractivity contribution < 1.29 is 4.74 Å². The molecule has 0 aliphatic heterocycles. The van der Waals surface area contributed by atoms with E-state index in [0.29, 0.717) is 0 Å². The third-order valence-corrected chi connectivity index (χ3v) is 1.36. The number of rotatable bonds is 7. The van der Waals surface area contributed by atoms with E-state index in [1.54, 1.807) is 0 Å². The predicted molar refractivity (Wildman–Crippen MR) is 45.2 cm³/mol. The second-order valence-electron chi connectivity index (χ2n) is 2.40. The predicted octanol–water partition coefficient (Wildman–Crippen LogP) is 2.77. The lowest BCUT2D eigenvalue weighted by Gasteiger charge is -1.99. The number of hydrogen-bond acceptors (Lipinski definition) is 1. The largest absolute Gasteiger partial charge is 0.381 e. The Morgan fingerprint density at radius 2 is 2.10 bits per heavy atom. The summed E-state index contributed by atoms with van der Waals surface area (Å²) in [5.41, 5.74) is 0. The van der Waals surface area contributed by atoms with Crippen LogP contribution < -0.4 is 0 Å². The van der Waals surface area contributed by atoms with Crippen LogP contribution in [0.2, 0.25) is 0 Å². The minimum atomic E-state index is 0.840. The molecule has 0 atom stereocenters. The van der Waals surface area contributed by atoms with Gasteiger partial charge in [-0.25, -0.2) is 0 Å². The molecule has 0 spiro atoms. The second kappa shape index (κ2) is 8.70. The molecule has 0 aliphatic rings. The molecule has 0 unspecified atom stereocenters. The van der Waals surface area contributed by atoms with Gasteiger partial charge in [0.25, 0.3) is 0 Å². The van der Waals surface area contributed by atoms with E-state index in [9.17, 15) is 0 Å². The Labute approximate surface area is 64.1 Å². The van der Waals surface area contributed by atoms with E-state index in [1.807, 2.05) is 6.08 Å². The fourth-order valence-corrected chi connectivity index (χ4v) is 0.723. The third-order valence-electron chi connectivity index (χ3n) is 1.36. The average molecular weight is 142 g/mol. The van der Waals surface area contributed by atoms with Gasteiger partial charge in [0, 0.05) is 13.2 Å². The van der Waals surface area contributed by atoms with E-state index >= 15 is 0 Å². The van der Waals surface area contributed by atoms with Gasteiger partial charge in [-0.1, -0.05) is 25.8 Å². The minimum Gasteiger partial charge on any atom is -0.381 e. The summed E-state index contributed by atoms with van der Waals surface area (Å²) < 4.78 is 5.30. The zero-order valence-corrected chi connectivity index (χ0v) is 6.94. The minimum absolute atomic E-state index is 0.840. The quantitative estimate of drug-likeness (QED) is 0.392. The van der Waals surface area contributed by atoms with Gasteiger partial charge in [-0.2, -0.15) is 0 Å². The van der Waals surface area contributed by atoms with Crippen molar-refractivity contribution in [2.75, 3.05) is 13.2 Å². The molecule has 0 amide bonds. The molecule has 0 bridgehead atoms. The second-order valence-corrected chi connectivity index (χ2v) is 2.40. The Hall–Kier alpha value is -0.300. The Balaban J connectivity index is 2.70. The smallest absolute Gasteiger partial charge is 0.0500 e. The molecule has 1 nitrogen and oxygen atoms in total. The van der Waals surface area contributed by atoms with Gasteiger partial charge in [0.15, 0.2) is 0 Å². The van der Waals surface area contributed by atoms with Crippen molar-refractivity contribution in [3.8, 4) is 0 Å². The van der Waals surface area contributed by atoms with E-state index in [-0.39, 0.29) is 0 Å². The zero-order valence-electron chi connectivity index (χ0n) is 6.94. The SMILES string of the molecule is C=CCCOCCCCC. The molecule has 10 heavy (non-hydrogen) atoms. The molecule has 0 aromatic rings. The summed E-state index contributed by atoms with van der Waals surface area (Å²) in [4.78, 5) is 0. The summed E-state index contributed by atoms with van der Waals surface area (Å²) in [7, 11) is 0. The topological polar surface area (TPSA) is 9.23 Å². The first-order chi connectivity index (χ1) is 4.91. The monoisotopic (exact) mass is 142 g/mol. The van der Waals surface area contributed by atoms with Crippen LogP contribution in [0, 0.1) is 0 Å². The maximum absolute atomic E-state index is 5.30. The van der Waals surface area contributed by atoms with Gasteiger partial charge >= 0.3 is 0 Å². The molecular weight excluding hydrogens is 124 g/mol. The fourth-order valence-electron chi connectivity index (χ4n) is 0.723. The van der Waals surface area contributed by atoms with Crippen molar-refractivity contribution in [1.29, 1.82) is 0 Å². The first-order valence-electron chi connectivity index (χ1n) is 4.10. The Kier molecular flexibility index (Phi) is 8.44. The van der Waals surface area contributed by atoms with Crippen LogP contribution in [0.3, 0.4) is 0 Å². The number of ether oxygens (including phenoxy) is 1. The van der Waals surface area contributed by atoms with Crippen LogP contribution in [-0.4, -0.2) is 13.2 Å².